The van der Waals surface area contributed by atoms with Crippen molar-refractivity contribution < 1.29 is 14.6 Å². The first-order valence-corrected chi connectivity index (χ1v) is 10.6. The van der Waals surface area contributed by atoms with Crippen LogP contribution in [0.15, 0.2) is 41.2 Å². The van der Waals surface area contributed by atoms with Crippen LogP contribution in [-0.2, 0) is 21.7 Å². The summed E-state index contributed by atoms with van der Waals surface area (Å²) >= 11 is 0. The number of para-hydroxylation sites is 1. The van der Waals surface area contributed by atoms with Crippen LogP contribution in [0.25, 0.3) is 22.3 Å². The minimum atomic E-state index is -1.49. The number of aromatic nitrogens is 2. The quantitative estimate of drug-likeness (QED) is 0.504. The van der Waals surface area contributed by atoms with Gasteiger partial charge in [0.05, 0.1) is 29.9 Å². The van der Waals surface area contributed by atoms with Crippen molar-refractivity contribution in [3.8, 4) is 11.4 Å². The van der Waals surface area contributed by atoms with Crippen LogP contribution < -0.4 is 5.56 Å². The summed E-state index contributed by atoms with van der Waals surface area (Å²) in [6.45, 7) is 9.64. The number of carbonyl (C=O) groups excluding carboxylic acids is 1. The second kappa shape index (κ2) is 7.31. The molecule has 0 saturated heterocycles. The van der Waals surface area contributed by atoms with E-state index in [0.717, 1.165) is 27.7 Å². The summed E-state index contributed by atoms with van der Waals surface area (Å²) in [4.78, 5) is 30.3. The molecule has 31 heavy (non-hydrogen) atoms. The third-order valence-electron chi connectivity index (χ3n) is 5.94. The van der Waals surface area contributed by atoms with Crippen molar-refractivity contribution in [2.24, 2.45) is 0 Å². The number of fused-ring (bicyclic) bond motifs is 4. The number of aliphatic hydroxyl groups is 1. The zero-order valence-corrected chi connectivity index (χ0v) is 18.7. The number of aryl methyl sites for hydroxylation is 1. The number of pyridine rings is 2. The normalized spacial score (nSPS) is 14.8. The summed E-state index contributed by atoms with van der Waals surface area (Å²) in [5.41, 5.74) is 2.46. The Morgan fingerprint density at radius 2 is 1.94 bits per heavy atom. The van der Waals surface area contributed by atoms with Crippen LogP contribution in [0.2, 0.25) is 0 Å². The molecule has 6 heteroatoms. The number of benzene rings is 1. The predicted octanol–water partition coefficient (Wildman–Crippen LogP) is 4.06. The van der Waals surface area contributed by atoms with Crippen LogP contribution in [0.5, 0.6) is 0 Å². The molecular weight excluding hydrogens is 392 g/mol. The van der Waals surface area contributed by atoms with Gasteiger partial charge in [0, 0.05) is 17.0 Å². The molecule has 1 aliphatic heterocycles. The number of ether oxygens (including phenoxy) is 1. The molecule has 162 valence electrons. The molecule has 0 aliphatic carbocycles. The Morgan fingerprint density at radius 3 is 2.61 bits per heavy atom. The van der Waals surface area contributed by atoms with Gasteiger partial charge in [-0.05, 0) is 57.4 Å². The molecule has 1 atom stereocenters. The lowest BCUT2D eigenvalue weighted by Gasteiger charge is -2.29. The summed E-state index contributed by atoms with van der Waals surface area (Å²) < 4.78 is 7.08. The van der Waals surface area contributed by atoms with Crippen LogP contribution in [0.1, 0.15) is 57.2 Å². The molecule has 1 unspecified atom stereocenters. The minimum absolute atomic E-state index is 0.218. The van der Waals surface area contributed by atoms with Crippen LogP contribution >= 0.6 is 0 Å². The van der Waals surface area contributed by atoms with E-state index >= 15 is 0 Å². The highest BCUT2D eigenvalue weighted by atomic mass is 16.6. The summed E-state index contributed by atoms with van der Waals surface area (Å²) in [7, 11) is 0. The zero-order chi connectivity index (χ0) is 22.6. The number of hydrogen-bond acceptors (Lipinski definition) is 5. The predicted molar refractivity (Wildman–Crippen MR) is 120 cm³/mol. The largest absolute Gasteiger partial charge is 0.460 e. The highest BCUT2D eigenvalue weighted by Gasteiger charge is 2.35. The van der Waals surface area contributed by atoms with E-state index in [1.54, 1.807) is 38.3 Å². The molecule has 4 rings (SSSR count). The van der Waals surface area contributed by atoms with Crippen molar-refractivity contribution in [3.63, 3.8) is 0 Å². The van der Waals surface area contributed by atoms with Crippen LogP contribution in [-0.4, -0.2) is 26.2 Å². The number of nitrogens with zero attached hydrogens (tertiary/aromatic N) is 2. The Bertz CT molecular complexity index is 1250. The average Bonchev–Trinajstić information content (AvgIpc) is 3.06. The van der Waals surface area contributed by atoms with Crippen LogP contribution in [0, 0.1) is 6.92 Å². The molecule has 1 aliphatic rings. The lowest BCUT2D eigenvalue weighted by molar-refractivity contribution is -0.161. The number of carbonyl (C=O) groups is 1. The third-order valence-corrected chi connectivity index (χ3v) is 5.94. The van der Waals surface area contributed by atoms with E-state index in [4.69, 9.17) is 9.72 Å². The first kappa shape index (κ1) is 21.2. The van der Waals surface area contributed by atoms with Gasteiger partial charge in [-0.3, -0.25) is 9.59 Å². The second-order valence-electron chi connectivity index (χ2n) is 9.28. The maximum atomic E-state index is 13.0. The molecule has 0 amide bonds. The maximum absolute atomic E-state index is 13.0. The van der Waals surface area contributed by atoms with Crippen molar-refractivity contribution in [2.75, 3.05) is 0 Å². The Balaban J connectivity index is 1.81. The van der Waals surface area contributed by atoms with Gasteiger partial charge < -0.3 is 14.4 Å². The van der Waals surface area contributed by atoms with E-state index in [9.17, 15) is 14.7 Å². The first-order chi connectivity index (χ1) is 14.5. The average molecular weight is 421 g/mol. The zero-order valence-electron chi connectivity index (χ0n) is 18.7. The molecule has 1 N–H and O–H groups in total. The molecule has 0 spiro atoms. The van der Waals surface area contributed by atoms with Crippen molar-refractivity contribution in [2.45, 2.75) is 65.2 Å². The highest BCUT2D eigenvalue weighted by molar-refractivity contribution is 5.87. The topological polar surface area (TPSA) is 81.4 Å². The molecule has 0 saturated carbocycles. The monoisotopic (exact) mass is 420 g/mol. The van der Waals surface area contributed by atoms with Crippen LogP contribution in [0.4, 0.5) is 0 Å². The van der Waals surface area contributed by atoms with Gasteiger partial charge in [0.2, 0.25) is 0 Å². The minimum Gasteiger partial charge on any atom is -0.460 e. The third kappa shape index (κ3) is 3.76. The standard InChI is InChI=1S/C25H28N2O4/c1-6-25(30,13-22(29)31-24(3,4)5)16-11-20-23-18(14-27(20)21(28)12-16)15(2)17-9-7-8-10-19(17)26-23/h7-12,30H,6,13-14H2,1-5H3. The Kier molecular flexibility index (Phi) is 5.01. The van der Waals surface area contributed by atoms with Gasteiger partial charge in [-0.2, -0.15) is 0 Å². The van der Waals surface area contributed by atoms with E-state index in [2.05, 4.69) is 0 Å². The molecule has 6 nitrogen and oxygen atoms in total. The van der Waals surface area contributed by atoms with Gasteiger partial charge in [-0.15, -0.1) is 0 Å². The van der Waals surface area contributed by atoms with E-state index < -0.39 is 17.2 Å². The van der Waals surface area contributed by atoms with Crippen molar-refractivity contribution in [3.05, 3.63) is 63.4 Å². The Morgan fingerprint density at radius 1 is 1.23 bits per heavy atom. The highest BCUT2D eigenvalue weighted by Crippen LogP contribution is 2.37. The number of esters is 1. The fourth-order valence-corrected chi connectivity index (χ4v) is 4.25. The maximum Gasteiger partial charge on any atom is 0.309 e. The van der Waals surface area contributed by atoms with Gasteiger partial charge in [-0.1, -0.05) is 25.1 Å². The van der Waals surface area contributed by atoms with E-state index in [0.29, 0.717) is 17.8 Å². The summed E-state index contributed by atoms with van der Waals surface area (Å²) in [5, 5.41) is 12.4. The molecule has 0 radical (unpaired) electrons. The Hall–Kier alpha value is -2.99. The van der Waals surface area contributed by atoms with Crippen molar-refractivity contribution in [1.29, 1.82) is 0 Å². The molecule has 3 heterocycles. The fourth-order valence-electron chi connectivity index (χ4n) is 4.25. The summed E-state index contributed by atoms with van der Waals surface area (Å²) in [5.74, 6) is -0.502. The SMILES string of the molecule is CCC(O)(CC(=O)OC(C)(C)C)c1cc2n(c(=O)c1)Cc1c-2nc2ccccc2c1C. The molecular formula is C25H28N2O4. The Labute approximate surface area is 181 Å². The van der Waals surface area contributed by atoms with Gasteiger partial charge in [0.25, 0.3) is 5.56 Å². The summed E-state index contributed by atoms with van der Waals surface area (Å²) in [6.07, 6.45) is 0.0485. The number of rotatable bonds is 4. The molecule has 1 aromatic carbocycles. The van der Waals surface area contributed by atoms with Crippen LogP contribution in [0.3, 0.4) is 0 Å². The fraction of sp³-hybridized carbons (Fsp3) is 0.400. The number of hydrogen-bond donors (Lipinski definition) is 1. The van der Waals surface area contributed by atoms with Crippen molar-refractivity contribution >= 4 is 16.9 Å². The van der Waals surface area contributed by atoms with E-state index in [1.807, 2.05) is 31.2 Å². The van der Waals surface area contributed by atoms with Gasteiger partial charge in [-0.25, -0.2) is 4.98 Å². The smallest absolute Gasteiger partial charge is 0.309 e. The second-order valence-corrected chi connectivity index (χ2v) is 9.28. The molecule has 0 bridgehead atoms. The molecule has 2 aromatic heterocycles. The first-order valence-electron chi connectivity index (χ1n) is 10.6. The lowest BCUT2D eigenvalue weighted by atomic mass is 9.87. The van der Waals surface area contributed by atoms with Crippen molar-refractivity contribution in [1.82, 2.24) is 9.55 Å². The molecule has 0 fully saturated rings. The van der Waals surface area contributed by atoms with Gasteiger partial charge >= 0.3 is 5.97 Å². The summed E-state index contributed by atoms with van der Waals surface area (Å²) in [6, 6.07) is 11.1. The van der Waals surface area contributed by atoms with E-state index in [1.165, 1.54) is 6.07 Å². The molecule has 3 aromatic rings. The van der Waals surface area contributed by atoms with E-state index in [-0.39, 0.29) is 18.4 Å². The van der Waals surface area contributed by atoms with Gasteiger partial charge in [0.1, 0.15) is 11.2 Å². The van der Waals surface area contributed by atoms with Gasteiger partial charge in [0.15, 0.2) is 0 Å². The lowest BCUT2D eigenvalue weighted by Crippen LogP contribution is -2.34.